The summed E-state index contributed by atoms with van der Waals surface area (Å²) in [5.74, 6) is 0. The van der Waals surface area contributed by atoms with Gasteiger partial charge < -0.3 is 29.0 Å². The van der Waals surface area contributed by atoms with E-state index in [1.807, 2.05) is 0 Å². The molecule has 0 atom stereocenters. The maximum Gasteiger partial charge on any atom is 2.00 e. The van der Waals surface area contributed by atoms with Crippen LogP contribution in [-0.2, 0) is 0 Å². The van der Waals surface area contributed by atoms with Crippen LogP contribution in [0.5, 0.6) is 0 Å². The minimum atomic E-state index is -1.83. The molecule has 0 aromatic heterocycles. The molecule has 9 heteroatoms. The molecule has 0 aromatic rings. The summed E-state index contributed by atoms with van der Waals surface area (Å²) in [7, 11) is 0. The smallest absolute Gasteiger partial charge is 1.00 e. The van der Waals surface area contributed by atoms with Gasteiger partial charge in [0.1, 0.15) is 0 Å². The van der Waals surface area contributed by atoms with Crippen LogP contribution >= 0.6 is 0 Å². The zero-order chi connectivity index (χ0) is 7.15. The number of carbonyl (C=O) groups is 2. The van der Waals surface area contributed by atoms with Gasteiger partial charge in [-0.25, -0.2) is 9.59 Å². The van der Waals surface area contributed by atoms with Crippen molar-refractivity contribution in [1.82, 2.24) is 0 Å². The minimum absolute atomic E-state index is 0. The zero-order valence-corrected chi connectivity index (χ0v) is 10.8. The fourth-order valence-electron chi connectivity index (χ4n) is 0. The van der Waals surface area contributed by atoms with Crippen LogP contribution in [0, 0.1) is 0 Å². The molecule has 0 spiro atoms. The second-order valence-electron chi connectivity index (χ2n) is 0.565. The Labute approximate surface area is 133 Å². The molecule has 11 heavy (non-hydrogen) atoms. The van der Waals surface area contributed by atoms with Gasteiger partial charge in [-0.15, -0.1) is 0 Å². The Morgan fingerprint density at radius 2 is 0.818 bits per heavy atom. The molecule has 0 saturated carbocycles. The molecule has 0 aliphatic heterocycles. The molecule has 0 radical (unpaired) electrons. The molecule has 0 unspecified atom stereocenters. The van der Waals surface area contributed by atoms with Gasteiger partial charge in [-0.3, -0.25) is 0 Å². The first-order valence-electron chi connectivity index (χ1n) is 1.30. The molecular formula is C2H10CaMg2O6. The molecule has 0 saturated heterocycles. The number of carboxylic acid groups (broad SMARTS) is 4. The molecule has 0 heterocycles. The molecule has 0 rings (SSSR count). The molecule has 4 N–H and O–H groups in total. The fourth-order valence-corrected chi connectivity index (χ4v) is 0. The van der Waals surface area contributed by atoms with E-state index in [0.717, 1.165) is 0 Å². The van der Waals surface area contributed by atoms with Crippen LogP contribution in [0.15, 0.2) is 0 Å². The Balaban J connectivity index is -0.00000000308. The number of rotatable bonds is 0. The summed E-state index contributed by atoms with van der Waals surface area (Å²) in [4.78, 5) is 17.1. The molecule has 0 amide bonds. The van der Waals surface area contributed by atoms with Crippen molar-refractivity contribution in [2.45, 2.75) is 0 Å². The van der Waals surface area contributed by atoms with Crippen molar-refractivity contribution in [3.05, 3.63) is 0 Å². The van der Waals surface area contributed by atoms with Crippen molar-refractivity contribution >= 4 is 96.2 Å². The predicted octanol–water partition coefficient (Wildman–Crippen LogP) is -0.0226. The van der Waals surface area contributed by atoms with Gasteiger partial charge >= 0.3 is 96.2 Å². The van der Waals surface area contributed by atoms with Crippen LogP contribution < -0.4 is 0 Å². The maximum absolute atomic E-state index is 8.56. The van der Waals surface area contributed by atoms with Gasteiger partial charge in [0.05, 0.1) is 0 Å². The van der Waals surface area contributed by atoms with E-state index in [0.29, 0.717) is 0 Å². The number of hydrogen-bond donors (Lipinski definition) is 4. The molecule has 6 nitrogen and oxygen atoms in total. The second kappa shape index (κ2) is 22.5. The molecule has 0 aliphatic rings. The Hall–Kier alpha value is 1.33. The fraction of sp³-hybridized carbons (Fsp3) is 0. The van der Waals surface area contributed by atoms with E-state index in [4.69, 9.17) is 30.0 Å². The first kappa shape index (κ1) is 29.5. The normalized spacial score (nSPS) is 4.36. The van der Waals surface area contributed by atoms with Crippen molar-refractivity contribution in [1.29, 1.82) is 0 Å². The first-order chi connectivity index (χ1) is 3.46. The summed E-state index contributed by atoms with van der Waals surface area (Å²) < 4.78 is 0. The summed E-state index contributed by atoms with van der Waals surface area (Å²) >= 11 is 0. The Kier molecular flexibility index (Phi) is 60.3. The van der Waals surface area contributed by atoms with Crippen LogP contribution in [0.2, 0.25) is 0 Å². The number of hydrogen-bond acceptors (Lipinski definition) is 2. The molecule has 0 aromatic carbocycles. The largest absolute Gasteiger partial charge is 2.00 e. The van der Waals surface area contributed by atoms with E-state index in [-0.39, 0.29) is 92.4 Å². The summed E-state index contributed by atoms with van der Waals surface area (Å²) in [5, 5.41) is 27.9. The molecule has 0 fully saturated rings. The summed E-state index contributed by atoms with van der Waals surface area (Å²) in [6.07, 6.45) is -3.67. The summed E-state index contributed by atoms with van der Waals surface area (Å²) in [6, 6.07) is 0. The second-order valence-corrected chi connectivity index (χ2v) is 0.565. The monoisotopic (exact) mass is 218 g/mol. The third kappa shape index (κ3) is 556. The van der Waals surface area contributed by atoms with E-state index in [1.165, 1.54) is 0 Å². The molecule has 0 bridgehead atoms. The van der Waals surface area contributed by atoms with Gasteiger partial charge in [0.2, 0.25) is 0 Å². The Morgan fingerprint density at radius 1 is 0.818 bits per heavy atom. The van der Waals surface area contributed by atoms with Gasteiger partial charge in [0, 0.05) is 0 Å². The standard InChI is InChI=1S/2CH2O3.Ca.2Mg.6H/c2*2-1(3)4;;;;;;;;;/h2*(H2,2,3,4);;;;;;;;;/q;;3*+2;6*-1. The van der Waals surface area contributed by atoms with Crippen LogP contribution in [0.3, 0.4) is 0 Å². The minimum Gasteiger partial charge on any atom is -1.00 e. The zero-order valence-electron chi connectivity index (χ0n) is 11.7. The summed E-state index contributed by atoms with van der Waals surface area (Å²) in [5.41, 5.74) is 0. The van der Waals surface area contributed by atoms with Crippen LogP contribution in [0.4, 0.5) is 9.59 Å². The van der Waals surface area contributed by atoms with Crippen LogP contribution in [0.25, 0.3) is 0 Å². The Bertz CT molecular complexity index is 92.5. The van der Waals surface area contributed by atoms with Crippen LogP contribution in [-0.4, -0.2) is 117 Å². The van der Waals surface area contributed by atoms with Gasteiger partial charge in [-0.2, -0.15) is 0 Å². The third-order valence-electron chi connectivity index (χ3n) is 0. The van der Waals surface area contributed by atoms with Crippen molar-refractivity contribution < 1.29 is 38.6 Å². The maximum atomic E-state index is 8.56. The van der Waals surface area contributed by atoms with E-state index in [2.05, 4.69) is 0 Å². The topological polar surface area (TPSA) is 115 Å². The van der Waals surface area contributed by atoms with Gasteiger partial charge in [0.25, 0.3) is 0 Å². The van der Waals surface area contributed by atoms with Crippen molar-refractivity contribution in [2.24, 2.45) is 0 Å². The van der Waals surface area contributed by atoms with E-state index in [1.54, 1.807) is 0 Å². The average molecular weight is 219 g/mol. The summed E-state index contributed by atoms with van der Waals surface area (Å²) in [6.45, 7) is 0. The van der Waals surface area contributed by atoms with Gasteiger partial charge in [-0.1, -0.05) is 0 Å². The SMILES string of the molecule is O=C(O)O.O=C(O)O.[Ca+2].[H-].[H-].[H-].[H-].[H-].[H-].[Mg+2].[Mg+2]. The van der Waals surface area contributed by atoms with Crippen molar-refractivity contribution in [3.63, 3.8) is 0 Å². The van der Waals surface area contributed by atoms with Crippen molar-refractivity contribution in [2.75, 3.05) is 0 Å². The van der Waals surface area contributed by atoms with Crippen LogP contribution in [0.1, 0.15) is 8.56 Å². The quantitative estimate of drug-likeness (QED) is 0.425. The van der Waals surface area contributed by atoms with E-state index in [9.17, 15) is 0 Å². The Morgan fingerprint density at radius 3 is 0.818 bits per heavy atom. The van der Waals surface area contributed by atoms with E-state index < -0.39 is 12.3 Å². The predicted molar refractivity (Wildman–Crippen MR) is 45.2 cm³/mol. The van der Waals surface area contributed by atoms with Crippen molar-refractivity contribution in [3.8, 4) is 0 Å². The van der Waals surface area contributed by atoms with Gasteiger partial charge in [-0.05, 0) is 0 Å². The van der Waals surface area contributed by atoms with E-state index >= 15 is 0 Å². The average Bonchev–Trinajstić information content (AvgIpc) is 1.25. The third-order valence-corrected chi connectivity index (χ3v) is 0. The molecule has 0 aliphatic carbocycles. The molecule has 60 valence electrons. The first-order valence-corrected chi connectivity index (χ1v) is 1.30. The molecular weight excluding hydrogens is 209 g/mol. The van der Waals surface area contributed by atoms with Gasteiger partial charge in [0.15, 0.2) is 0 Å².